The molecule has 1 aromatic heterocycles. The van der Waals surface area contributed by atoms with E-state index >= 15 is 0 Å². The van der Waals surface area contributed by atoms with Crippen LogP contribution in [-0.2, 0) is 9.59 Å². The van der Waals surface area contributed by atoms with Crippen LogP contribution in [0.1, 0.15) is 39.5 Å². The van der Waals surface area contributed by atoms with Crippen LogP contribution in [0.3, 0.4) is 0 Å². The molecule has 1 aromatic rings. The Morgan fingerprint density at radius 1 is 1.21 bits per heavy atom. The van der Waals surface area contributed by atoms with E-state index in [1.807, 2.05) is 13.8 Å². The van der Waals surface area contributed by atoms with Crippen molar-refractivity contribution in [1.29, 1.82) is 0 Å². The van der Waals surface area contributed by atoms with E-state index < -0.39 is 6.04 Å². The summed E-state index contributed by atoms with van der Waals surface area (Å²) >= 11 is 0. The molecule has 0 aromatic carbocycles. The molecule has 2 aliphatic rings. The minimum atomic E-state index is -0.398. The van der Waals surface area contributed by atoms with E-state index in [0.717, 1.165) is 25.7 Å². The molecule has 2 amide bonds. The lowest BCUT2D eigenvalue weighted by Crippen LogP contribution is -2.52. The summed E-state index contributed by atoms with van der Waals surface area (Å²) in [7, 11) is 0. The van der Waals surface area contributed by atoms with Crippen LogP contribution in [0.2, 0.25) is 0 Å². The molecule has 0 spiro atoms. The normalized spacial score (nSPS) is 21.6. The fourth-order valence-electron chi connectivity index (χ4n) is 3.07. The summed E-state index contributed by atoms with van der Waals surface area (Å²) in [5.74, 6) is 0.0571. The van der Waals surface area contributed by atoms with Crippen molar-refractivity contribution in [3.63, 3.8) is 0 Å². The fraction of sp³-hybridized carbons (Fsp3) is 0.647. The molecule has 2 fully saturated rings. The average molecular weight is 331 g/mol. The Bertz CT molecular complexity index is 588. The van der Waals surface area contributed by atoms with Crippen molar-refractivity contribution in [2.24, 2.45) is 5.92 Å². The Morgan fingerprint density at radius 2 is 1.92 bits per heavy atom. The zero-order chi connectivity index (χ0) is 17.1. The van der Waals surface area contributed by atoms with Gasteiger partial charge in [0.25, 0.3) is 0 Å². The third-order valence-corrected chi connectivity index (χ3v) is 4.58. The molecule has 1 unspecified atom stereocenters. The number of likely N-dealkylation sites (tertiary alicyclic amines) is 1. The van der Waals surface area contributed by atoms with E-state index in [9.17, 15) is 9.59 Å². The Balaban J connectivity index is 1.69. The lowest BCUT2D eigenvalue weighted by Gasteiger charge is -2.30. The van der Waals surface area contributed by atoms with E-state index in [0.29, 0.717) is 18.3 Å². The first kappa shape index (κ1) is 16.7. The van der Waals surface area contributed by atoms with Crippen LogP contribution in [0.25, 0.3) is 0 Å². The van der Waals surface area contributed by atoms with Gasteiger partial charge in [-0.1, -0.05) is 13.8 Å². The first-order valence-corrected chi connectivity index (χ1v) is 8.68. The first-order valence-electron chi connectivity index (χ1n) is 8.68. The van der Waals surface area contributed by atoms with Crippen LogP contribution in [0, 0.1) is 5.92 Å². The van der Waals surface area contributed by atoms with Gasteiger partial charge in [-0.3, -0.25) is 9.59 Å². The maximum absolute atomic E-state index is 13.1. The smallest absolute Gasteiger partial charge is 0.246 e. The number of aromatic nitrogens is 2. The van der Waals surface area contributed by atoms with Gasteiger partial charge < -0.3 is 15.5 Å². The van der Waals surface area contributed by atoms with Gasteiger partial charge >= 0.3 is 0 Å². The molecule has 0 bridgehead atoms. The quantitative estimate of drug-likeness (QED) is 0.817. The molecule has 7 heteroatoms. The summed E-state index contributed by atoms with van der Waals surface area (Å²) in [5, 5.41) is 6.25. The molecule has 24 heavy (non-hydrogen) atoms. The number of rotatable bonds is 6. The third kappa shape index (κ3) is 3.83. The van der Waals surface area contributed by atoms with Gasteiger partial charge in [-0.2, -0.15) is 0 Å². The second kappa shape index (κ2) is 7.15. The molecule has 0 radical (unpaired) electrons. The molecule has 1 aliphatic carbocycles. The van der Waals surface area contributed by atoms with Gasteiger partial charge in [-0.05, 0) is 31.6 Å². The molecule has 3 rings (SSSR count). The monoisotopic (exact) mass is 331 g/mol. The number of hydrogen-bond acceptors (Lipinski definition) is 5. The van der Waals surface area contributed by atoms with Gasteiger partial charge in [-0.25, -0.2) is 9.97 Å². The second-order valence-electron chi connectivity index (χ2n) is 6.97. The van der Waals surface area contributed by atoms with Crippen LogP contribution in [0.4, 0.5) is 5.69 Å². The largest absolute Gasteiger partial charge is 0.371 e. The second-order valence-corrected chi connectivity index (χ2v) is 6.97. The number of hydrogen-bond donors (Lipinski definition) is 2. The van der Waals surface area contributed by atoms with Crippen LogP contribution in [-0.4, -0.2) is 51.4 Å². The zero-order valence-electron chi connectivity index (χ0n) is 14.2. The molecular weight excluding hydrogens is 306 g/mol. The van der Waals surface area contributed by atoms with E-state index in [4.69, 9.17) is 0 Å². The van der Waals surface area contributed by atoms with Crippen LogP contribution in [0.5, 0.6) is 0 Å². The molecule has 7 nitrogen and oxygen atoms in total. The molecule has 2 atom stereocenters. The van der Waals surface area contributed by atoms with Gasteiger partial charge in [0.1, 0.15) is 18.4 Å². The summed E-state index contributed by atoms with van der Waals surface area (Å²) in [6.07, 6.45) is 8.47. The van der Waals surface area contributed by atoms with Crippen molar-refractivity contribution < 1.29 is 9.59 Å². The Kier molecular flexibility index (Phi) is 4.97. The summed E-state index contributed by atoms with van der Waals surface area (Å²) in [6, 6.07) is -0.422. The number of nitrogens with zero attached hydrogens (tertiary/aromatic N) is 3. The SMILES string of the molecule is CC(C)C(Nc1cncnc1)C(=O)N1CCC[C@H]1C(=O)NC1CC1. The number of anilines is 1. The number of carbonyl (C=O) groups excluding carboxylic acids is 2. The number of carbonyl (C=O) groups is 2. The lowest BCUT2D eigenvalue weighted by molar-refractivity contribution is -0.139. The summed E-state index contributed by atoms with van der Waals surface area (Å²) in [6.45, 7) is 4.63. The maximum Gasteiger partial charge on any atom is 0.246 e. The minimum Gasteiger partial charge on any atom is -0.371 e. The Labute approximate surface area is 142 Å². The Morgan fingerprint density at radius 3 is 2.54 bits per heavy atom. The number of amides is 2. The summed E-state index contributed by atoms with van der Waals surface area (Å²) < 4.78 is 0. The highest BCUT2D eigenvalue weighted by Gasteiger charge is 2.39. The van der Waals surface area contributed by atoms with E-state index in [1.54, 1.807) is 17.3 Å². The van der Waals surface area contributed by atoms with Crippen LogP contribution in [0.15, 0.2) is 18.7 Å². The topological polar surface area (TPSA) is 87.2 Å². The van der Waals surface area contributed by atoms with Gasteiger partial charge in [-0.15, -0.1) is 0 Å². The standard InChI is InChI=1S/C17H25N5O2/c1-11(2)15(20-13-8-18-10-19-9-13)17(24)22-7-3-4-14(22)16(23)21-12-5-6-12/h8-12,14-15,20H,3-7H2,1-2H3,(H,21,23)/t14-,15?/m0/s1. The van der Waals surface area contributed by atoms with Gasteiger partial charge in [0.05, 0.1) is 18.1 Å². The molecule has 130 valence electrons. The maximum atomic E-state index is 13.1. The van der Waals surface area contributed by atoms with E-state index in [1.165, 1.54) is 6.33 Å². The fourth-order valence-corrected chi connectivity index (χ4v) is 3.07. The predicted molar refractivity (Wildman–Crippen MR) is 90.2 cm³/mol. The van der Waals surface area contributed by atoms with Gasteiger partial charge in [0, 0.05) is 12.6 Å². The molecule has 1 aliphatic heterocycles. The summed E-state index contributed by atoms with van der Waals surface area (Å²) in [4.78, 5) is 35.1. The van der Waals surface area contributed by atoms with E-state index in [2.05, 4.69) is 20.6 Å². The van der Waals surface area contributed by atoms with Crippen molar-refractivity contribution in [3.05, 3.63) is 18.7 Å². The van der Waals surface area contributed by atoms with E-state index in [-0.39, 0.29) is 23.8 Å². The van der Waals surface area contributed by atoms with Crippen molar-refractivity contribution in [2.75, 3.05) is 11.9 Å². The molecule has 1 saturated heterocycles. The highest BCUT2D eigenvalue weighted by Crippen LogP contribution is 2.24. The minimum absolute atomic E-state index is 0.00565. The molecule has 1 saturated carbocycles. The Hall–Kier alpha value is -2.18. The summed E-state index contributed by atoms with van der Waals surface area (Å²) in [5.41, 5.74) is 0.711. The van der Waals surface area contributed by atoms with Crippen LogP contribution >= 0.6 is 0 Å². The van der Waals surface area contributed by atoms with Gasteiger partial charge in [0.2, 0.25) is 11.8 Å². The zero-order valence-corrected chi connectivity index (χ0v) is 14.2. The first-order chi connectivity index (χ1) is 11.6. The highest BCUT2D eigenvalue weighted by atomic mass is 16.2. The molecule has 2 heterocycles. The highest BCUT2D eigenvalue weighted by molar-refractivity contribution is 5.92. The third-order valence-electron chi connectivity index (χ3n) is 4.58. The lowest BCUT2D eigenvalue weighted by atomic mass is 10.0. The van der Waals surface area contributed by atoms with Crippen molar-refractivity contribution in [1.82, 2.24) is 20.2 Å². The van der Waals surface area contributed by atoms with Crippen LogP contribution < -0.4 is 10.6 Å². The molecular formula is C17H25N5O2. The molecule has 2 N–H and O–H groups in total. The van der Waals surface area contributed by atoms with Crippen molar-refractivity contribution in [2.45, 2.75) is 57.7 Å². The predicted octanol–water partition coefficient (Wildman–Crippen LogP) is 1.18. The van der Waals surface area contributed by atoms with Crippen molar-refractivity contribution in [3.8, 4) is 0 Å². The average Bonchev–Trinajstić information content (AvgIpc) is 3.24. The van der Waals surface area contributed by atoms with Crippen molar-refractivity contribution >= 4 is 17.5 Å². The number of nitrogens with one attached hydrogen (secondary N) is 2. The van der Waals surface area contributed by atoms with Gasteiger partial charge in [0.15, 0.2) is 0 Å².